The Balaban J connectivity index is 1.08. The predicted molar refractivity (Wildman–Crippen MR) is 356 cm³/mol. The van der Waals surface area contributed by atoms with E-state index in [0.717, 1.165) is 34.1 Å². The van der Waals surface area contributed by atoms with Crippen LogP contribution in [-0.4, -0.2) is 13.4 Å². The fraction of sp³-hybridized carbons (Fsp3) is 0.132. The molecule has 0 aliphatic carbocycles. The van der Waals surface area contributed by atoms with Crippen LogP contribution in [0.4, 0.5) is 85.3 Å². The number of hydrogen-bond donors (Lipinski definition) is 0. The van der Waals surface area contributed by atoms with Gasteiger partial charge in [-0.3, -0.25) is 0 Å². The van der Waals surface area contributed by atoms with Crippen LogP contribution in [0.1, 0.15) is 77.0 Å². The first kappa shape index (κ1) is 50.5. The monoisotopic (exact) mass is 1070 g/mol. The van der Waals surface area contributed by atoms with E-state index in [4.69, 9.17) is 0 Å². The summed E-state index contributed by atoms with van der Waals surface area (Å²) in [6.45, 7) is 16.1. The lowest BCUT2D eigenvalue weighted by Crippen LogP contribution is -2.65. The molecule has 4 aliphatic heterocycles. The number of fused-ring (bicyclic) bond motifs is 8. The molecule has 7 heteroatoms. The molecule has 11 aromatic rings. The topological polar surface area (TPSA) is 16.2 Å². The van der Waals surface area contributed by atoms with Gasteiger partial charge in [-0.1, -0.05) is 200 Å². The second-order valence-corrected chi connectivity index (χ2v) is 24.5. The smallest absolute Gasteiger partial charge is 0.252 e. The molecule has 0 radical (unpaired) electrons. The van der Waals surface area contributed by atoms with Crippen molar-refractivity contribution in [2.75, 3.05) is 24.5 Å². The first-order valence-electron chi connectivity index (χ1n) is 29.6. The largest absolute Gasteiger partial charge is 0.311 e. The van der Waals surface area contributed by atoms with Gasteiger partial charge < -0.3 is 24.5 Å². The van der Waals surface area contributed by atoms with E-state index >= 15 is 0 Å². The van der Waals surface area contributed by atoms with E-state index in [0.29, 0.717) is 0 Å². The molecule has 83 heavy (non-hydrogen) atoms. The summed E-state index contributed by atoms with van der Waals surface area (Å²) in [4.78, 5) is 12.8. The lowest BCUT2D eigenvalue weighted by molar-refractivity contribution is 0.590. The maximum Gasteiger partial charge on any atom is 0.252 e. The van der Waals surface area contributed by atoms with Crippen LogP contribution in [0.2, 0.25) is 0 Å². The molecule has 0 saturated heterocycles. The summed E-state index contributed by atoms with van der Waals surface area (Å²) in [5.74, 6) is 0.551. The average Bonchev–Trinajstić information content (AvgIpc) is 1.20. The molecule has 15 rings (SSSR count). The molecule has 400 valence electrons. The summed E-state index contributed by atoms with van der Waals surface area (Å²) in [6, 6.07) is 96.1. The van der Waals surface area contributed by atoms with Gasteiger partial charge in [0.1, 0.15) is 0 Å². The molecule has 0 bridgehead atoms. The first-order valence-corrected chi connectivity index (χ1v) is 29.6. The van der Waals surface area contributed by atoms with E-state index in [1.54, 1.807) is 0 Å². The standard InChI is InChI=1S/C76H65B2N5/c1-50(2)58-36-20-24-40-64(58)83(65-41-25-21-37-59(65)51(3)4)57-46-72-75-73(47-57)82(56-34-18-11-19-35-56)69-49-68-62(48-63(69)78(75)61-39-23-27-43-67(61)80(72)54-30-14-9-15-31-54)77-60-38-22-26-42-66(60)79(53-28-12-8-13-29-53)70-44-52(76(5,6)7)45-71(74(70)77)81(68)55-32-16-10-17-33-55/h8-51H,1-7H3. The fourth-order valence-electron chi connectivity index (χ4n) is 14.1. The van der Waals surface area contributed by atoms with Gasteiger partial charge in [0.2, 0.25) is 0 Å². The Hall–Kier alpha value is -9.45. The third-order valence-electron chi connectivity index (χ3n) is 17.8. The third kappa shape index (κ3) is 7.99. The van der Waals surface area contributed by atoms with Crippen LogP contribution >= 0.6 is 0 Å². The maximum atomic E-state index is 2.64. The number of nitrogens with zero attached hydrogens (tertiary/aromatic N) is 5. The van der Waals surface area contributed by atoms with Crippen molar-refractivity contribution in [2.24, 2.45) is 0 Å². The van der Waals surface area contributed by atoms with Crippen molar-refractivity contribution in [1.82, 2.24) is 0 Å². The quantitative estimate of drug-likeness (QED) is 0.134. The molecule has 0 aromatic heterocycles. The van der Waals surface area contributed by atoms with Crippen LogP contribution in [0.15, 0.2) is 255 Å². The summed E-state index contributed by atoms with van der Waals surface area (Å²) < 4.78 is 0. The molecule has 5 nitrogen and oxygen atoms in total. The lowest BCUT2D eigenvalue weighted by Gasteiger charge is -2.48. The Morgan fingerprint density at radius 3 is 1.01 bits per heavy atom. The Bertz CT molecular complexity index is 4260. The highest BCUT2D eigenvalue weighted by molar-refractivity contribution is 7.03. The van der Waals surface area contributed by atoms with Crippen LogP contribution in [0.25, 0.3) is 0 Å². The zero-order valence-corrected chi connectivity index (χ0v) is 48.3. The number of benzene rings is 11. The van der Waals surface area contributed by atoms with Crippen LogP contribution in [-0.2, 0) is 5.41 Å². The first-order chi connectivity index (χ1) is 40.5. The van der Waals surface area contributed by atoms with Gasteiger partial charge in [0, 0.05) is 79.6 Å². The minimum Gasteiger partial charge on any atom is -0.311 e. The third-order valence-corrected chi connectivity index (χ3v) is 17.8. The fourth-order valence-corrected chi connectivity index (χ4v) is 14.1. The zero-order valence-electron chi connectivity index (χ0n) is 48.3. The molecule has 4 aliphatic rings. The lowest BCUT2D eigenvalue weighted by atomic mass is 9.30. The average molecular weight is 1070 g/mol. The molecule has 0 saturated carbocycles. The number of para-hydroxylation sites is 8. The Morgan fingerprint density at radius 2 is 0.639 bits per heavy atom. The Labute approximate surface area is 490 Å². The van der Waals surface area contributed by atoms with Gasteiger partial charge in [0.05, 0.1) is 5.69 Å². The SMILES string of the molecule is CC(C)c1ccccc1N(c1cc2c3c(c1)N(c1ccccc1)c1cc4c(cc1B3c1ccccc1N2c1ccccc1)B1c2ccccc2N(c2ccccc2)c2cc(C(C)(C)C)cc(c21)N4c1ccccc1)c1ccccc1C(C)C. The second-order valence-electron chi connectivity index (χ2n) is 24.5. The Kier molecular flexibility index (Phi) is 11.9. The van der Waals surface area contributed by atoms with Gasteiger partial charge in [0.15, 0.2) is 0 Å². The molecule has 0 spiro atoms. The summed E-state index contributed by atoms with van der Waals surface area (Å²) in [5.41, 5.74) is 29.0. The molecular weight excluding hydrogens is 1000 g/mol. The maximum absolute atomic E-state index is 2.64. The van der Waals surface area contributed by atoms with E-state index < -0.39 is 0 Å². The van der Waals surface area contributed by atoms with Crippen molar-refractivity contribution in [3.8, 4) is 0 Å². The van der Waals surface area contributed by atoms with Gasteiger partial charge in [-0.15, -0.1) is 0 Å². The van der Waals surface area contributed by atoms with Crippen LogP contribution in [0, 0.1) is 0 Å². The van der Waals surface area contributed by atoms with Crippen LogP contribution < -0.4 is 57.3 Å². The van der Waals surface area contributed by atoms with Gasteiger partial charge in [-0.05, 0) is 170 Å². The van der Waals surface area contributed by atoms with Crippen LogP contribution in [0.3, 0.4) is 0 Å². The molecule has 0 amide bonds. The van der Waals surface area contributed by atoms with E-state index in [2.05, 4.69) is 328 Å². The van der Waals surface area contributed by atoms with E-state index in [-0.39, 0.29) is 30.7 Å². The second kappa shape index (κ2) is 19.6. The van der Waals surface area contributed by atoms with Crippen molar-refractivity contribution in [1.29, 1.82) is 0 Å². The zero-order chi connectivity index (χ0) is 56.3. The van der Waals surface area contributed by atoms with Crippen molar-refractivity contribution < 1.29 is 0 Å². The van der Waals surface area contributed by atoms with Crippen molar-refractivity contribution in [3.63, 3.8) is 0 Å². The van der Waals surface area contributed by atoms with Gasteiger partial charge in [0.25, 0.3) is 13.4 Å². The summed E-state index contributed by atoms with van der Waals surface area (Å²) in [7, 11) is 0. The van der Waals surface area contributed by atoms with Crippen LogP contribution in [0.5, 0.6) is 0 Å². The highest BCUT2D eigenvalue weighted by Crippen LogP contribution is 2.52. The van der Waals surface area contributed by atoms with E-state index in [1.165, 1.54) is 101 Å². The Morgan fingerprint density at radius 1 is 0.313 bits per heavy atom. The molecule has 0 N–H and O–H groups in total. The van der Waals surface area contributed by atoms with Gasteiger partial charge in [-0.25, -0.2) is 0 Å². The normalized spacial score (nSPS) is 13.6. The van der Waals surface area contributed by atoms with Crippen molar-refractivity contribution >= 4 is 132 Å². The molecule has 0 unspecified atom stereocenters. The van der Waals surface area contributed by atoms with E-state index in [9.17, 15) is 0 Å². The van der Waals surface area contributed by atoms with Gasteiger partial charge >= 0.3 is 0 Å². The van der Waals surface area contributed by atoms with Crippen molar-refractivity contribution in [2.45, 2.75) is 65.7 Å². The molecule has 0 fully saturated rings. The molecule has 0 atom stereocenters. The highest BCUT2D eigenvalue weighted by atomic mass is 15.2. The number of anilines is 15. The van der Waals surface area contributed by atoms with Gasteiger partial charge in [-0.2, -0.15) is 0 Å². The van der Waals surface area contributed by atoms with Crippen molar-refractivity contribution in [3.05, 3.63) is 271 Å². The number of rotatable bonds is 9. The minimum absolute atomic E-state index is 0.0749. The minimum atomic E-state index is -0.149. The summed E-state index contributed by atoms with van der Waals surface area (Å²) >= 11 is 0. The summed E-state index contributed by atoms with van der Waals surface area (Å²) in [6.07, 6.45) is 0. The van der Waals surface area contributed by atoms with E-state index in [1.807, 2.05) is 0 Å². The molecule has 4 heterocycles. The summed E-state index contributed by atoms with van der Waals surface area (Å²) in [5, 5.41) is 0. The predicted octanol–water partition coefficient (Wildman–Crippen LogP) is 16.9. The molecule has 11 aromatic carbocycles. The number of hydrogen-bond acceptors (Lipinski definition) is 5. The molecular formula is C76H65B2N5. The highest BCUT2D eigenvalue weighted by Gasteiger charge is 2.49.